The van der Waals surface area contributed by atoms with Gasteiger partial charge < -0.3 is 14.4 Å². The van der Waals surface area contributed by atoms with Crippen LogP contribution in [0, 0.1) is 0 Å². The number of benzene rings is 1. The molecule has 0 bridgehead atoms. The molecule has 0 saturated carbocycles. The lowest BCUT2D eigenvalue weighted by Gasteiger charge is -2.48. The quantitative estimate of drug-likeness (QED) is 0.847. The van der Waals surface area contributed by atoms with Gasteiger partial charge in [-0.1, -0.05) is 18.2 Å². The highest BCUT2D eigenvalue weighted by molar-refractivity contribution is 5.79. The predicted molar refractivity (Wildman–Crippen MR) is 96.7 cm³/mol. The number of aryl methyl sites for hydroxylation is 2. The first-order valence-electron chi connectivity index (χ1n) is 9.75. The van der Waals surface area contributed by atoms with E-state index in [9.17, 15) is 4.79 Å². The van der Waals surface area contributed by atoms with Gasteiger partial charge in [-0.15, -0.1) is 0 Å². The molecule has 2 fully saturated rings. The summed E-state index contributed by atoms with van der Waals surface area (Å²) in [5, 5.41) is 0. The van der Waals surface area contributed by atoms with E-state index in [1.165, 1.54) is 30.4 Å². The number of carbonyl (C=O) groups is 1. The summed E-state index contributed by atoms with van der Waals surface area (Å²) in [6.45, 7) is 2.39. The molecule has 1 aromatic rings. The van der Waals surface area contributed by atoms with Gasteiger partial charge in [0.05, 0.1) is 18.1 Å². The fourth-order valence-corrected chi connectivity index (χ4v) is 4.86. The van der Waals surface area contributed by atoms with Gasteiger partial charge in [-0.3, -0.25) is 4.79 Å². The Kier molecular flexibility index (Phi) is 4.83. The third-order valence-corrected chi connectivity index (χ3v) is 6.35. The second-order valence-corrected chi connectivity index (χ2v) is 7.79. The van der Waals surface area contributed by atoms with E-state index in [2.05, 4.69) is 18.2 Å². The van der Waals surface area contributed by atoms with Crippen LogP contribution in [0.3, 0.4) is 0 Å². The molecule has 3 aliphatic rings. The van der Waals surface area contributed by atoms with Crippen molar-refractivity contribution in [3.05, 3.63) is 34.9 Å². The van der Waals surface area contributed by atoms with Crippen LogP contribution >= 0.6 is 0 Å². The van der Waals surface area contributed by atoms with E-state index in [-0.39, 0.29) is 17.6 Å². The number of piperidine rings is 1. The predicted octanol–water partition coefficient (Wildman–Crippen LogP) is 2.90. The lowest BCUT2D eigenvalue weighted by molar-refractivity contribution is -0.188. The molecule has 25 heavy (non-hydrogen) atoms. The molecule has 1 spiro atoms. The molecule has 2 saturated heterocycles. The number of nitrogens with zero attached hydrogens (tertiary/aromatic N) is 1. The monoisotopic (exact) mass is 343 g/mol. The molecule has 0 aromatic heterocycles. The number of fused-ring (bicyclic) bond motifs is 1. The first-order chi connectivity index (χ1) is 12.2. The Bertz CT molecular complexity index is 634. The molecule has 2 heterocycles. The van der Waals surface area contributed by atoms with E-state index < -0.39 is 0 Å². The zero-order valence-electron chi connectivity index (χ0n) is 15.3. The van der Waals surface area contributed by atoms with E-state index in [0.717, 1.165) is 50.9 Å². The first kappa shape index (κ1) is 17.0. The van der Waals surface area contributed by atoms with Gasteiger partial charge in [0.15, 0.2) is 0 Å². The van der Waals surface area contributed by atoms with Gasteiger partial charge in [-0.2, -0.15) is 0 Å². The van der Waals surface area contributed by atoms with Gasteiger partial charge in [0.25, 0.3) is 0 Å². The third-order valence-electron chi connectivity index (χ3n) is 6.35. The Morgan fingerprint density at radius 1 is 1.24 bits per heavy atom. The summed E-state index contributed by atoms with van der Waals surface area (Å²) in [7, 11) is 1.78. The highest BCUT2D eigenvalue weighted by Crippen LogP contribution is 2.37. The summed E-state index contributed by atoms with van der Waals surface area (Å²) in [5.41, 5.74) is 3.91. The summed E-state index contributed by atoms with van der Waals surface area (Å²) < 4.78 is 11.8. The van der Waals surface area contributed by atoms with Crippen LogP contribution in [0.4, 0.5) is 0 Å². The van der Waals surface area contributed by atoms with E-state index in [1.54, 1.807) is 7.11 Å². The maximum atomic E-state index is 12.7. The van der Waals surface area contributed by atoms with Crippen molar-refractivity contribution >= 4 is 5.91 Å². The fourth-order valence-electron chi connectivity index (χ4n) is 4.86. The summed E-state index contributed by atoms with van der Waals surface area (Å²) >= 11 is 0. The molecule has 4 nitrogen and oxygen atoms in total. The van der Waals surface area contributed by atoms with Crippen LogP contribution in [0.15, 0.2) is 18.2 Å². The average Bonchev–Trinajstić information content (AvgIpc) is 3.10. The number of carbonyl (C=O) groups excluding carboxylic acids is 1. The highest BCUT2D eigenvalue weighted by Gasteiger charge is 2.45. The zero-order chi connectivity index (χ0) is 17.3. The van der Waals surface area contributed by atoms with Crippen LogP contribution in [0.1, 0.15) is 48.8 Å². The maximum absolute atomic E-state index is 12.7. The summed E-state index contributed by atoms with van der Waals surface area (Å²) in [6, 6.07) is 6.60. The van der Waals surface area contributed by atoms with Crippen molar-refractivity contribution in [1.82, 2.24) is 4.90 Å². The number of methoxy groups -OCH3 is 1. The lowest BCUT2D eigenvalue weighted by atomic mass is 9.81. The Labute approximate surface area is 150 Å². The molecule has 1 amide bonds. The molecular weight excluding hydrogens is 314 g/mol. The molecule has 4 rings (SSSR count). The molecule has 1 atom stereocenters. The molecular formula is C21H29NO3. The summed E-state index contributed by atoms with van der Waals surface area (Å²) in [5.74, 6) is 0.248. The maximum Gasteiger partial charge on any atom is 0.226 e. The van der Waals surface area contributed by atoms with Crippen molar-refractivity contribution in [2.75, 3.05) is 26.8 Å². The average molecular weight is 343 g/mol. The van der Waals surface area contributed by atoms with Gasteiger partial charge in [-0.05, 0) is 61.6 Å². The normalized spacial score (nSPS) is 25.2. The molecule has 4 heteroatoms. The zero-order valence-corrected chi connectivity index (χ0v) is 15.3. The molecule has 0 radical (unpaired) electrons. The van der Waals surface area contributed by atoms with Crippen LogP contribution in [-0.4, -0.2) is 49.3 Å². The molecule has 0 unspecified atom stereocenters. The minimum absolute atomic E-state index is 0.169. The Morgan fingerprint density at radius 2 is 2.04 bits per heavy atom. The molecule has 0 N–H and O–H groups in total. The number of amides is 1. The van der Waals surface area contributed by atoms with Crippen molar-refractivity contribution in [3.63, 3.8) is 0 Å². The van der Waals surface area contributed by atoms with Crippen molar-refractivity contribution in [1.29, 1.82) is 0 Å². The van der Waals surface area contributed by atoms with Gasteiger partial charge in [0.2, 0.25) is 5.91 Å². The molecule has 1 aliphatic carbocycles. The fraction of sp³-hybridized carbons (Fsp3) is 0.667. The smallest absolute Gasteiger partial charge is 0.226 e. The van der Waals surface area contributed by atoms with E-state index >= 15 is 0 Å². The standard InChI is InChI=1S/C21H29NO3/c1-24-19-6-3-13-25-21(19)9-11-22(12-10-21)20(23)15-16-7-8-17-4-2-5-18(17)14-16/h7-8,14,19H,2-6,9-13,15H2,1H3/t19-/m1/s1. The lowest BCUT2D eigenvalue weighted by Crippen LogP contribution is -2.56. The second kappa shape index (κ2) is 7.08. The van der Waals surface area contributed by atoms with Crippen LogP contribution < -0.4 is 0 Å². The van der Waals surface area contributed by atoms with Crippen LogP contribution in [0.25, 0.3) is 0 Å². The first-order valence-corrected chi connectivity index (χ1v) is 9.75. The molecule has 136 valence electrons. The van der Waals surface area contributed by atoms with Crippen LogP contribution in [0.5, 0.6) is 0 Å². The minimum Gasteiger partial charge on any atom is -0.378 e. The SMILES string of the molecule is CO[C@@H]1CCCOC12CCN(C(=O)Cc1ccc3c(c1)CCC3)CC2. The second-order valence-electron chi connectivity index (χ2n) is 7.79. The van der Waals surface area contributed by atoms with E-state index in [1.807, 2.05) is 4.90 Å². The largest absolute Gasteiger partial charge is 0.378 e. The number of hydrogen-bond acceptors (Lipinski definition) is 3. The van der Waals surface area contributed by atoms with Crippen molar-refractivity contribution in [2.24, 2.45) is 0 Å². The number of ether oxygens (including phenoxy) is 2. The highest BCUT2D eigenvalue weighted by atomic mass is 16.5. The van der Waals surface area contributed by atoms with Crippen molar-refractivity contribution in [2.45, 2.75) is 63.1 Å². The van der Waals surface area contributed by atoms with Crippen molar-refractivity contribution in [3.8, 4) is 0 Å². The minimum atomic E-state index is -0.169. The topological polar surface area (TPSA) is 38.8 Å². The van der Waals surface area contributed by atoms with E-state index in [0.29, 0.717) is 6.42 Å². The van der Waals surface area contributed by atoms with Gasteiger partial charge in [0.1, 0.15) is 0 Å². The third kappa shape index (κ3) is 3.34. The summed E-state index contributed by atoms with van der Waals surface area (Å²) in [4.78, 5) is 14.8. The summed E-state index contributed by atoms with van der Waals surface area (Å²) in [6.07, 6.45) is 8.23. The van der Waals surface area contributed by atoms with E-state index in [4.69, 9.17) is 9.47 Å². The number of likely N-dealkylation sites (tertiary alicyclic amines) is 1. The van der Waals surface area contributed by atoms with Crippen molar-refractivity contribution < 1.29 is 14.3 Å². The molecule has 1 aromatic carbocycles. The Morgan fingerprint density at radius 3 is 2.84 bits per heavy atom. The molecule has 2 aliphatic heterocycles. The van der Waals surface area contributed by atoms with Gasteiger partial charge >= 0.3 is 0 Å². The van der Waals surface area contributed by atoms with Gasteiger partial charge in [-0.25, -0.2) is 0 Å². The number of rotatable bonds is 3. The Balaban J connectivity index is 1.36. The van der Waals surface area contributed by atoms with Gasteiger partial charge in [0, 0.05) is 26.8 Å². The van der Waals surface area contributed by atoms with Crippen LogP contribution in [0.2, 0.25) is 0 Å². The van der Waals surface area contributed by atoms with Crippen LogP contribution in [-0.2, 0) is 33.5 Å². The number of hydrogen-bond donors (Lipinski definition) is 0. The Hall–Kier alpha value is -1.39.